The molecule has 2 rings (SSSR count). The van der Waals surface area contributed by atoms with E-state index < -0.39 is 0 Å². The van der Waals surface area contributed by atoms with Crippen molar-refractivity contribution >= 4 is 11.8 Å². The molecule has 1 aliphatic rings. The summed E-state index contributed by atoms with van der Waals surface area (Å²) in [6.45, 7) is 0. The summed E-state index contributed by atoms with van der Waals surface area (Å²) in [4.78, 5) is 19.5. The quantitative estimate of drug-likeness (QED) is 0.378. The predicted octanol–water partition coefficient (Wildman–Crippen LogP) is 1.24. The van der Waals surface area contributed by atoms with Crippen molar-refractivity contribution in [3.05, 3.63) is 30.1 Å². The van der Waals surface area contributed by atoms with Crippen LogP contribution in [0.2, 0.25) is 0 Å². The van der Waals surface area contributed by atoms with E-state index in [-0.39, 0.29) is 17.7 Å². The molecule has 0 radical (unpaired) electrons. The molecular weight excluding hydrogens is 230 g/mol. The van der Waals surface area contributed by atoms with Crippen molar-refractivity contribution in [2.24, 2.45) is 16.8 Å². The second kappa shape index (κ2) is 6.14. The lowest BCUT2D eigenvalue weighted by molar-refractivity contribution is -0.378. The maximum atomic E-state index is 11.7. The average Bonchev–Trinajstić information content (AvgIpc) is 2.46. The molecule has 3 N–H and O–H groups in total. The predicted molar refractivity (Wildman–Crippen MR) is 66.4 cm³/mol. The van der Waals surface area contributed by atoms with E-state index in [0.29, 0.717) is 0 Å². The number of aromatic amines is 1. The number of hydrogen-bond donors (Lipinski definition) is 1. The number of nitrogens with two attached hydrogens (primary N) is 1. The normalized spacial score (nSPS) is 17.4. The van der Waals surface area contributed by atoms with Crippen LogP contribution < -0.4 is 10.7 Å². The molecule has 0 aromatic carbocycles. The highest BCUT2D eigenvalue weighted by molar-refractivity contribution is 5.97. The Kier molecular flexibility index (Phi) is 4.28. The van der Waals surface area contributed by atoms with Crippen LogP contribution in [-0.2, 0) is 9.63 Å². The van der Waals surface area contributed by atoms with Gasteiger partial charge in [0.2, 0.25) is 0 Å². The van der Waals surface area contributed by atoms with Gasteiger partial charge in [-0.1, -0.05) is 24.4 Å². The zero-order valence-electron chi connectivity index (χ0n) is 10.3. The van der Waals surface area contributed by atoms with Crippen molar-refractivity contribution in [3.8, 4) is 0 Å². The molecule has 0 aliphatic heterocycles. The maximum absolute atomic E-state index is 11.7. The number of nitrogens with zero attached hydrogens (tertiary/aromatic N) is 1. The number of pyridine rings is 1. The van der Waals surface area contributed by atoms with Gasteiger partial charge in [-0.25, -0.2) is 9.78 Å². The van der Waals surface area contributed by atoms with Crippen molar-refractivity contribution < 1.29 is 14.6 Å². The van der Waals surface area contributed by atoms with Crippen molar-refractivity contribution in [1.82, 2.24) is 0 Å². The Balaban J connectivity index is 1.91. The number of aromatic nitrogens is 1. The number of H-pyrrole nitrogens is 1. The Morgan fingerprint density at radius 1 is 1.28 bits per heavy atom. The largest absolute Gasteiger partial charge is 0.380 e. The van der Waals surface area contributed by atoms with Gasteiger partial charge in [-0.15, -0.1) is 0 Å². The molecule has 0 bridgehead atoms. The number of nitrogens with one attached hydrogen (secondary N) is 1. The fourth-order valence-corrected chi connectivity index (χ4v) is 2.12. The highest BCUT2D eigenvalue weighted by Gasteiger charge is 2.22. The van der Waals surface area contributed by atoms with Crippen LogP contribution in [0.4, 0.5) is 0 Å². The van der Waals surface area contributed by atoms with E-state index in [2.05, 4.69) is 10.1 Å². The summed E-state index contributed by atoms with van der Waals surface area (Å²) in [6, 6.07) is 3.54. The van der Waals surface area contributed by atoms with Gasteiger partial charge >= 0.3 is 5.97 Å². The molecule has 96 valence electrons. The third kappa shape index (κ3) is 3.29. The molecule has 0 spiro atoms. The minimum atomic E-state index is -0.264. The Morgan fingerprint density at radius 3 is 2.61 bits per heavy atom. The van der Waals surface area contributed by atoms with Gasteiger partial charge in [0.1, 0.15) is 0 Å². The SMILES string of the molecule is NC(=NOC(=O)C1CCCCC1)c1cc[nH+]cc1. The van der Waals surface area contributed by atoms with E-state index in [9.17, 15) is 4.79 Å². The standard InChI is InChI=1S/C13H17N3O2/c14-12(10-6-8-15-9-7-10)16-18-13(17)11-4-2-1-3-5-11/h6-9,11H,1-5H2,(H2,14,16)/p+1. The van der Waals surface area contributed by atoms with Crippen molar-refractivity contribution in [2.45, 2.75) is 32.1 Å². The molecule has 1 aliphatic carbocycles. The first-order chi connectivity index (χ1) is 8.77. The molecule has 5 nitrogen and oxygen atoms in total. The number of carbonyl (C=O) groups is 1. The lowest BCUT2D eigenvalue weighted by atomic mass is 9.89. The third-order valence-corrected chi connectivity index (χ3v) is 3.19. The van der Waals surface area contributed by atoms with Gasteiger partial charge in [0.25, 0.3) is 0 Å². The van der Waals surface area contributed by atoms with Gasteiger partial charge in [0, 0.05) is 17.7 Å². The molecular formula is C13H18N3O2+. The second-order valence-electron chi connectivity index (χ2n) is 4.51. The van der Waals surface area contributed by atoms with Gasteiger partial charge in [-0.05, 0) is 12.8 Å². The summed E-state index contributed by atoms with van der Waals surface area (Å²) < 4.78 is 0. The van der Waals surface area contributed by atoms with Crippen LogP contribution in [0.3, 0.4) is 0 Å². The van der Waals surface area contributed by atoms with Crippen molar-refractivity contribution in [3.63, 3.8) is 0 Å². The summed E-state index contributed by atoms with van der Waals surface area (Å²) in [7, 11) is 0. The number of amidine groups is 1. The fourth-order valence-electron chi connectivity index (χ4n) is 2.12. The van der Waals surface area contributed by atoms with Gasteiger partial charge in [-0.2, -0.15) is 0 Å². The van der Waals surface area contributed by atoms with Gasteiger partial charge in [0.05, 0.1) is 5.92 Å². The Labute approximate surface area is 106 Å². The van der Waals surface area contributed by atoms with E-state index in [4.69, 9.17) is 10.6 Å². The molecule has 0 saturated heterocycles. The van der Waals surface area contributed by atoms with Crippen LogP contribution >= 0.6 is 0 Å². The van der Waals surface area contributed by atoms with Gasteiger partial charge in [-0.3, -0.25) is 0 Å². The first-order valence-electron chi connectivity index (χ1n) is 6.28. The summed E-state index contributed by atoms with van der Waals surface area (Å²) in [5, 5.41) is 3.70. The molecule has 0 atom stereocenters. The number of oxime groups is 1. The molecule has 1 saturated carbocycles. The highest BCUT2D eigenvalue weighted by atomic mass is 16.7. The Morgan fingerprint density at radius 2 is 1.94 bits per heavy atom. The number of carbonyl (C=O) groups excluding carboxylic acids is 1. The highest BCUT2D eigenvalue weighted by Crippen LogP contribution is 2.24. The summed E-state index contributed by atoms with van der Waals surface area (Å²) in [6.07, 6.45) is 8.65. The maximum Gasteiger partial charge on any atom is 0.338 e. The third-order valence-electron chi connectivity index (χ3n) is 3.19. The monoisotopic (exact) mass is 248 g/mol. The van der Waals surface area contributed by atoms with Crippen LogP contribution in [-0.4, -0.2) is 11.8 Å². The molecule has 0 amide bonds. The van der Waals surface area contributed by atoms with Crippen LogP contribution in [0.25, 0.3) is 0 Å². The summed E-state index contributed by atoms with van der Waals surface area (Å²) in [5.41, 5.74) is 6.46. The molecule has 18 heavy (non-hydrogen) atoms. The van der Waals surface area contributed by atoms with E-state index in [1.807, 2.05) is 0 Å². The van der Waals surface area contributed by atoms with Crippen molar-refractivity contribution in [2.75, 3.05) is 0 Å². The van der Waals surface area contributed by atoms with E-state index in [0.717, 1.165) is 31.2 Å². The zero-order chi connectivity index (χ0) is 12.8. The first kappa shape index (κ1) is 12.5. The van der Waals surface area contributed by atoms with Crippen LogP contribution in [0.15, 0.2) is 29.7 Å². The lowest BCUT2D eigenvalue weighted by Crippen LogP contribution is -2.21. The molecule has 1 fully saturated rings. The molecule has 1 aromatic heterocycles. The number of hydrogen-bond acceptors (Lipinski definition) is 3. The summed E-state index contributed by atoms with van der Waals surface area (Å²) >= 11 is 0. The average molecular weight is 248 g/mol. The smallest absolute Gasteiger partial charge is 0.338 e. The van der Waals surface area contributed by atoms with E-state index in [1.54, 1.807) is 24.5 Å². The second-order valence-corrected chi connectivity index (χ2v) is 4.51. The minimum absolute atomic E-state index is 0.0144. The van der Waals surface area contributed by atoms with Crippen LogP contribution in [0.1, 0.15) is 37.7 Å². The first-order valence-corrected chi connectivity index (χ1v) is 6.28. The Hall–Kier alpha value is -1.91. The zero-order valence-corrected chi connectivity index (χ0v) is 10.3. The van der Waals surface area contributed by atoms with Crippen LogP contribution in [0.5, 0.6) is 0 Å². The van der Waals surface area contributed by atoms with Gasteiger partial charge < -0.3 is 10.6 Å². The topological polar surface area (TPSA) is 78.8 Å². The fraction of sp³-hybridized carbons (Fsp3) is 0.462. The van der Waals surface area contributed by atoms with Crippen molar-refractivity contribution in [1.29, 1.82) is 0 Å². The lowest BCUT2D eigenvalue weighted by Gasteiger charge is -2.17. The van der Waals surface area contributed by atoms with E-state index >= 15 is 0 Å². The summed E-state index contributed by atoms with van der Waals surface area (Å²) in [5.74, 6) is -0.0623. The molecule has 5 heteroatoms. The molecule has 0 unspecified atom stereocenters. The molecule has 1 heterocycles. The Bertz CT molecular complexity index is 425. The van der Waals surface area contributed by atoms with Crippen LogP contribution in [0, 0.1) is 5.92 Å². The minimum Gasteiger partial charge on any atom is -0.380 e. The van der Waals surface area contributed by atoms with Gasteiger partial charge in [0.15, 0.2) is 18.2 Å². The number of rotatable bonds is 3. The molecule has 1 aromatic rings. The van der Waals surface area contributed by atoms with E-state index in [1.165, 1.54) is 6.42 Å².